The molecule has 0 saturated carbocycles. The SMILES string of the molecule is C=CCC[C@H](O)CCC. The molecule has 0 bridgehead atoms. The second kappa shape index (κ2) is 5.83. The van der Waals surface area contributed by atoms with Crippen molar-refractivity contribution in [2.75, 3.05) is 0 Å². The van der Waals surface area contributed by atoms with Crippen molar-refractivity contribution in [3.8, 4) is 0 Å². The number of rotatable bonds is 5. The Hall–Kier alpha value is -0.300. The van der Waals surface area contributed by atoms with Crippen LogP contribution in [0.3, 0.4) is 0 Å². The molecule has 0 rings (SSSR count). The summed E-state index contributed by atoms with van der Waals surface area (Å²) in [5.74, 6) is 0. The number of aliphatic hydroxyl groups is 1. The van der Waals surface area contributed by atoms with Crippen molar-refractivity contribution in [1.82, 2.24) is 0 Å². The van der Waals surface area contributed by atoms with Crippen molar-refractivity contribution in [1.29, 1.82) is 0 Å². The van der Waals surface area contributed by atoms with Gasteiger partial charge in [0.15, 0.2) is 0 Å². The van der Waals surface area contributed by atoms with Gasteiger partial charge in [-0.3, -0.25) is 0 Å². The van der Waals surface area contributed by atoms with E-state index in [2.05, 4.69) is 13.5 Å². The topological polar surface area (TPSA) is 20.2 Å². The Morgan fingerprint density at radius 3 is 2.67 bits per heavy atom. The van der Waals surface area contributed by atoms with Crippen LogP contribution in [0.2, 0.25) is 0 Å². The summed E-state index contributed by atoms with van der Waals surface area (Å²) in [6, 6.07) is 0. The van der Waals surface area contributed by atoms with Gasteiger partial charge in [-0.2, -0.15) is 0 Å². The Kier molecular flexibility index (Phi) is 5.64. The second-order valence-electron chi connectivity index (χ2n) is 2.31. The van der Waals surface area contributed by atoms with E-state index in [-0.39, 0.29) is 6.10 Å². The summed E-state index contributed by atoms with van der Waals surface area (Å²) >= 11 is 0. The van der Waals surface area contributed by atoms with Crippen LogP contribution in [0.25, 0.3) is 0 Å². The summed E-state index contributed by atoms with van der Waals surface area (Å²) in [7, 11) is 0. The third-order valence-electron chi connectivity index (χ3n) is 1.33. The zero-order chi connectivity index (χ0) is 7.11. The van der Waals surface area contributed by atoms with E-state index in [4.69, 9.17) is 5.11 Å². The van der Waals surface area contributed by atoms with E-state index in [0.717, 1.165) is 25.7 Å². The van der Waals surface area contributed by atoms with Crippen molar-refractivity contribution < 1.29 is 5.11 Å². The predicted molar refractivity (Wildman–Crippen MR) is 40.3 cm³/mol. The highest BCUT2D eigenvalue weighted by atomic mass is 16.3. The van der Waals surface area contributed by atoms with Gasteiger partial charge >= 0.3 is 0 Å². The molecule has 0 aromatic carbocycles. The van der Waals surface area contributed by atoms with Gasteiger partial charge in [0, 0.05) is 0 Å². The Morgan fingerprint density at radius 2 is 2.22 bits per heavy atom. The van der Waals surface area contributed by atoms with E-state index in [9.17, 15) is 0 Å². The molecule has 0 aliphatic rings. The van der Waals surface area contributed by atoms with Crippen molar-refractivity contribution in [2.45, 2.75) is 38.7 Å². The summed E-state index contributed by atoms with van der Waals surface area (Å²) in [6.07, 6.45) is 5.54. The fourth-order valence-corrected chi connectivity index (χ4v) is 0.788. The predicted octanol–water partition coefficient (Wildman–Crippen LogP) is 2.11. The monoisotopic (exact) mass is 128 g/mol. The van der Waals surface area contributed by atoms with Crippen LogP contribution in [0.1, 0.15) is 32.6 Å². The molecule has 0 aliphatic heterocycles. The lowest BCUT2D eigenvalue weighted by Crippen LogP contribution is -2.03. The summed E-state index contributed by atoms with van der Waals surface area (Å²) in [5.41, 5.74) is 0. The highest BCUT2D eigenvalue weighted by molar-refractivity contribution is 4.68. The van der Waals surface area contributed by atoms with Crippen LogP contribution in [-0.2, 0) is 0 Å². The largest absolute Gasteiger partial charge is 0.393 e. The molecular formula is C8H16O. The summed E-state index contributed by atoms with van der Waals surface area (Å²) < 4.78 is 0. The van der Waals surface area contributed by atoms with Crippen LogP contribution >= 0.6 is 0 Å². The fourth-order valence-electron chi connectivity index (χ4n) is 0.788. The molecule has 0 unspecified atom stereocenters. The van der Waals surface area contributed by atoms with Gasteiger partial charge < -0.3 is 5.11 Å². The zero-order valence-electron chi connectivity index (χ0n) is 6.14. The number of aliphatic hydroxyl groups excluding tert-OH is 1. The molecule has 0 aliphatic carbocycles. The second-order valence-corrected chi connectivity index (χ2v) is 2.31. The number of hydrogen-bond acceptors (Lipinski definition) is 1. The maximum atomic E-state index is 9.13. The third-order valence-corrected chi connectivity index (χ3v) is 1.33. The molecule has 0 radical (unpaired) electrons. The van der Waals surface area contributed by atoms with Crippen LogP contribution in [0, 0.1) is 0 Å². The molecule has 0 saturated heterocycles. The van der Waals surface area contributed by atoms with E-state index in [0.29, 0.717) is 0 Å². The lowest BCUT2D eigenvalue weighted by Gasteiger charge is -2.05. The lowest BCUT2D eigenvalue weighted by atomic mass is 10.1. The standard InChI is InChI=1S/C8H16O/c1-3-5-7-8(9)6-4-2/h3,8-9H,1,4-7H2,2H3/t8-/m1/s1. The minimum atomic E-state index is -0.104. The van der Waals surface area contributed by atoms with Crippen LogP contribution in [0.5, 0.6) is 0 Å². The normalized spacial score (nSPS) is 13.1. The molecule has 0 amide bonds. The fraction of sp³-hybridized carbons (Fsp3) is 0.750. The number of allylic oxidation sites excluding steroid dienone is 1. The van der Waals surface area contributed by atoms with Crippen LogP contribution < -0.4 is 0 Å². The van der Waals surface area contributed by atoms with E-state index >= 15 is 0 Å². The first-order chi connectivity index (χ1) is 4.31. The molecular weight excluding hydrogens is 112 g/mol. The Morgan fingerprint density at radius 1 is 1.56 bits per heavy atom. The van der Waals surface area contributed by atoms with Crippen molar-refractivity contribution in [3.63, 3.8) is 0 Å². The third kappa shape index (κ3) is 5.57. The minimum absolute atomic E-state index is 0.104. The van der Waals surface area contributed by atoms with Crippen molar-refractivity contribution >= 4 is 0 Å². The maximum absolute atomic E-state index is 9.13. The van der Waals surface area contributed by atoms with Gasteiger partial charge in [0.1, 0.15) is 0 Å². The summed E-state index contributed by atoms with van der Waals surface area (Å²) in [6.45, 7) is 5.66. The van der Waals surface area contributed by atoms with Gasteiger partial charge in [-0.1, -0.05) is 19.4 Å². The van der Waals surface area contributed by atoms with Crippen molar-refractivity contribution in [3.05, 3.63) is 12.7 Å². The van der Waals surface area contributed by atoms with Gasteiger partial charge in [0.2, 0.25) is 0 Å². The molecule has 0 aromatic heterocycles. The van der Waals surface area contributed by atoms with Crippen molar-refractivity contribution in [2.24, 2.45) is 0 Å². The highest BCUT2D eigenvalue weighted by Gasteiger charge is 1.98. The van der Waals surface area contributed by atoms with Gasteiger partial charge in [-0.15, -0.1) is 6.58 Å². The number of hydrogen-bond donors (Lipinski definition) is 1. The molecule has 0 spiro atoms. The van der Waals surface area contributed by atoms with Gasteiger partial charge in [-0.25, -0.2) is 0 Å². The van der Waals surface area contributed by atoms with Crippen LogP contribution in [0.4, 0.5) is 0 Å². The maximum Gasteiger partial charge on any atom is 0.0543 e. The van der Waals surface area contributed by atoms with E-state index < -0.39 is 0 Å². The van der Waals surface area contributed by atoms with Gasteiger partial charge in [-0.05, 0) is 19.3 Å². The van der Waals surface area contributed by atoms with Crippen LogP contribution in [0.15, 0.2) is 12.7 Å². The van der Waals surface area contributed by atoms with Gasteiger partial charge in [0.05, 0.1) is 6.10 Å². The quantitative estimate of drug-likeness (QED) is 0.562. The first kappa shape index (κ1) is 8.70. The summed E-state index contributed by atoms with van der Waals surface area (Å²) in [4.78, 5) is 0. The average molecular weight is 128 g/mol. The molecule has 1 atom stereocenters. The van der Waals surface area contributed by atoms with Crippen LogP contribution in [-0.4, -0.2) is 11.2 Å². The lowest BCUT2D eigenvalue weighted by molar-refractivity contribution is 0.155. The Labute approximate surface area is 57.4 Å². The van der Waals surface area contributed by atoms with E-state index in [1.54, 1.807) is 0 Å². The summed E-state index contributed by atoms with van der Waals surface area (Å²) in [5, 5.41) is 9.13. The van der Waals surface area contributed by atoms with E-state index in [1.807, 2.05) is 6.08 Å². The highest BCUT2D eigenvalue weighted by Crippen LogP contribution is 2.03. The zero-order valence-corrected chi connectivity index (χ0v) is 6.14. The van der Waals surface area contributed by atoms with Gasteiger partial charge in [0.25, 0.3) is 0 Å². The molecule has 0 fully saturated rings. The molecule has 0 aromatic rings. The van der Waals surface area contributed by atoms with E-state index in [1.165, 1.54) is 0 Å². The first-order valence-electron chi connectivity index (χ1n) is 3.60. The molecule has 1 nitrogen and oxygen atoms in total. The Balaban J connectivity index is 3.04. The molecule has 0 heterocycles. The molecule has 1 heteroatoms. The molecule has 9 heavy (non-hydrogen) atoms. The minimum Gasteiger partial charge on any atom is -0.393 e. The Bertz CT molecular complexity index is 69.0. The molecule has 1 N–H and O–H groups in total. The first-order valence-corrected chi connectivity index (χ1v) is 3.60. The average Bonchev–Trinajstić information content (AvgIpc) is 1.85. The molecule has 54 valence electrons. The smallest absolute Gasteiger partial charge is 0.0543 e.